The van der Waals surface area contributed by atoms with Gasteiger partial charge in [-0.3, -0.25) is 9.48 Å². The first kappa shape index (κ1) is 8.48. The van der Waals surface area contributed by atoms with Gasteiger partial charge in [0.1, 0.15) is 5.78 Å². The van der Waals surface area contributed by atoms with Gasteiger partial charge in [-0.15, -0.1) is 0 Å². The molecule has 70 valence electrons. The first-order chi connectivity index (χ1) is 6.06. The number of hydrogen-bond acceptors (Lipinski definition) is 2. The summed E-state index contributed by atoms with van der Waals surface area (Å²) in [5.74, 6) is 0.255. The summed E-state index contributed by atoms with van der Waals surface area (Å²) in [5, 5.41) is 4.36. The first-order valence-corrected chi connectivity index (χ1v) is 4.58. The summed E-state index contributed by atoms with van der Waals surface area (Å²) in [6, 6.07) is 2.02. The van der Waals surface area contributed by atoms with Crippen molar-refractivity contribution >= 4 is 5.78 Å². The second kappa shape index (κ2) is 2.44. The Bertz CT molecular complexity index is 342. The maximum absolute atomic E-state index is 11.4. The Morgan fingerprint density at radius 1 is 1.62 bits per heavy atom. The molecule has 0 spiro atoms. The summed E-state index contributed by atoms with van der Waals surface area (Å²) in [6.07, 6.45) is 1.94. The average Bonchev–Trinajstić information content (AvgIpc) is 2.77. The minimum atomic E-state index is -0.216. The molecular weight excluding hydrogens is 164 g/mol. The summed E-state index contributed by atoms with van der Waals surface area (Å²) in [6.45, 7) is 3.67. The van der Waals surface area contributed by atoms with Gasteiger partial charge in [-0.05, 0) is 32.8 Å². The van der Waals surface area contributed by atoms with Crippen molar-refractivity contribution in [2.75, 3.05) is 0 Å². The topological polar surface area (TPSA) is 34.9 Å². The number of aryl methyl sites for hydroxylation is 2. The van der Waals surface area contributed by atoms with Crippen molar-refractivity contribution in [3.8, 4) is 0 Å². The summed E-state index contributed by atoms with van der Waals surface area (Å²) >= 11 is 0. The molecule has 0 aliphatic heterocycles. The molecule has 1 heterocycles. The van der Waals surface area contributed by atoms with Crippen molar-refractivity contribution in [1.82, 2.24) is 9.78 Å². The number of carbonyl (C=O) groups is 1. The van der Waals surface area contributed by atoms with Gasteiger partial charge in [0.15, 0.2) is 0 Å². The quantitative estimate of drug-likeness (QED) is 0.685. The standard InChI is InChI=1S/C10H14N2O/c1-7-6-9(11-12(7)3)10(4-5-10)8(2)13/h6H,4-5H2,1-3H3. The van der Waals surface area contributed by atoms with Crippen molar-refractivity contribution < 1.29 is 4.79 Å². The van der Waals surface area contributed by atoms with E-state index >= 15 is 0 Å². The maximum atomic E-state index is 11.4. The molecule has 3 nitrogen and oxygen atoms in total. The van der Waals surface area contributed by atoms with Crippen molar-refractivity contribution in [3.63, 3.8) is 0 Å². The highest BCUT2D eigenvalue weighted by atomic mass is 16.1. The fourth-order valence-corrected chi connectivity index (χ4v) is 1.71. The Kier molecular flexibility index (Phi) is 1.59. The molecule has 1 aliphatic rings. The highest BCUT2D eigenvalue weighted by Gasteiger charge is 2.50. The largest absolute Gasteiger partial charge is 0.299 e. The molecular formula is C10H14N2O. The predicted molar refractivity (Wildman–Crippen MR) is 49.5 cm³/mol. The predicted octanol–water partition coefficient (Wildman–Crippen LogP) is 1.35. The van der Waals surface area contributed by atoms with Crippen LogP contribution in [0.4, 0.5) is 0 Å². The lowest BCUT2D eigenvalue weighted by atomic mass is 9.98. The number of aromatic nitrogens is 2. The molecule has 3 heteroatoms. The van der Waals surface area contributed by atoms with Crippen LogP contribution in [0.5, 0.6) is 0 Å². The van der Waals surface area contributed by atoms with Gasteiger partial charge >= 0.3 is 0 Å². The molecule has 0 saturated heterocycles. The van der Waals surface area contributed by atoms with Crippen LogP contribution in [0.1, 0.15) is 31.2 Å². The average molecular weight is 178 g/mol. The highest BCUT2D eigenvalue weighted by molar-refractivity contribution is 5.90. The molecule has 0 amide bonds. The molecule has 0 atom stereocenters. The van der Waals surface area contributed by atoms with Crippen LogP contribution in [-0.2, 0) is 17.3 Å². The first-order valence-electron chi connectivity index (χ1n) is 4.58. The summed E-state index contributed by atoms with van der Waals surface area (Å²) in [5.41, 5.74) is 1.86. The molecule has 0 bridgehead atoms. The molecule has 1 saturated carbocycles. The number of rotatable bonds is 2. The van der Waals surface area contributed by atoms with E-state index in [2.05, 4.69) is 5.10 Å². The Morgan fingerprint density at radius 2 is 2.23 bits per heavy atom. The lowest BCUT2D eigenvalue weighted by molar-refractivity contribution is -0.119. The monoisotopic (exact) mass is 178 g/mol. The van der Waals surface area contributed by atoms with Crippen molar-refractivity contribution in [2.45, 2.75) is 32.1 Å². The molecule has 1 fully saturated rings. The lowest BCUT2D eigenvalue weighted by Gasteiger charge is -2.05. The zero-order chi connectivity index (χ0) is 9.64. The molecule has 1 aromatic rings. The minimum Gasteiger partial charge on any atom is -0.299 e. The van der Waals surface area contributed by atoms with Gasteiger partial charge < -0.3 is 0 Å². The zero-order valence-corrected chi connectivity index (χ0v) is 8.29. The fourth-order valence-electron chi connectivity index (χ4n) is 1.71. The van der Waals surface area contributed by atoms with E-state index in [1.807, 2.05) is 24.7 Å². The number of ketones is 1. The van der Waals surface area contributed by atoms with Gasteiger partial charge in [0, 0.05) is 12.7 Å². The Morgan fingerprint density at radius 3 is 2.54 bits per heavy atom. The van der Waals surface area contributed by atoms with Gasteiger partial charge in [0.25, 0.3) is 0 Å². The summed E-state index contributed by atoms with van der Waals surface area (Å²) in [4.78, 5) is 11.4. The second-order valence-electron chi connectivity index (χ2n) is 3.93. The fraction of sp³-hybridized carbons (Fsp3) is 0.600. The minimum absolute atomic E-state index is 0.216. The lowest BCUT2D eigenvalue weighted by Crippen LogP contribution is -2.17. The van der Waals surface area contributed by atoms with E-state index in [1.165, 1.54) is 0 Å². The van der Waals surface area contributed by atoms with Crippen molar-refractivity contribution in [3.05, 3.63) is 17.5 Å². The van der Waals surface area contributed by atoms with E-state index in [0.29, 0.717) is 0 Å². The maximum Gasteiger partial charge on any atom is 0.141 e. The van der Waals surface area contributed by atoms with Crippen LogP contribution in [-0.4, -0.2) is 15.6 Å². The second-order valence-corrected chi connectivity index (χ2v) is 3.93. The van der Waals surface area contributed by atoms with E-state index in [1.54, 1.807) is 6.92 Å². The summed E-state index contributed by atoms with van der Waals surface area (Å²) in [7, 11) is 1.91. The van der Waals surface area contributed by atoms with E-state index in [-0.39, 0.29) is 11.2 Å². The molecule has 0 aromatic carbocycles. The van der Waals surface area contributed by atoms with Crippen molar-refractivity contribution in [2.24, 2.45) is 7.05 Å². The summed E-state index contributed by atoms with van der Waals surface area (Å²) < 4.78 is 1.83. The van der Waals surface area contributed by atoms with Gasteiger partial charge in [0.2, 0.25) is 0 Å². The van der Waals surface area contributed by atoms with E-state index in [9.17, 15) is 4.79 Å². The van der Waals surface area contributed by atoms with Crippen LogP contribution in [0.3, 0.4) is 0 Å². The van der Waals surface area contributed by atoms with E-state index in [4.69, 9.17) is 0 Å². The normalized spacial score (nSPS) is 18.7. The van der Waals surface area contributed by atoms with Gasteiger partial charge in [-0.1, -0.05) is 0 Å². The van der Waals surface area contributed by atoms with Crippen LogP contribution in [0.25, 0.3) is 0 Å². The van der Waals surface area contributed by atoms with Crippen LogP contribution < -0.4 is 0 Å². The molecule has 13 heavy (non-hydrogen) atoms. The van der Waals surface area contributed by atoms with Crippen LogP contribution in [0.15, 0.2) is 6.07 Å². The number of hydrogen-bond donors (Lipinski definition) is 0. The Labute approximate surface area is 77.7 Å². The zero-order valence-electron chi connectivity index (χ0n) is 8.29. The molecule has 1 aromatic heterocycles. The Balaban J connectivity index is 2.41. The van der Waals surface area contributed by atoms with Crippen LogP contribution in [0, 0.1) is 6.92 Å². The van der Waals surface area contributed by atoms with Crippen molar-refractivity contribution in [1.29, 1.82) is 0 Å². The molecule has 1 aliphatic carbocycles. The Hall–Kier alpha value is -1.12. The third kappa shape index (κ3) is 1.10. The highest BCUT2D eigenvalue weighted by Crippen LogP contribution is 2.48. The van der Waals surface area contributed by atoms with Gasteiger partial charge in [-0.2, -0.15) is 5.10 Å². The molecule has 0 N–H and O–H groups in total. The van der Waals surface area contributed by atoms with E-state index in [0.717, 1.165) is 24.2 Å². The van der Waals surface area contributed by atoms with E-state index < -0.39 is 0 Å². The molecule has 0 unspecified atom stereocenters. The number of nitrogens with zero attached hydrogens (tertiary/aromatic N) is 2. The third-order valence-corrected chi connectivity index (χ3v) is 3.03. The third-order valence-electron chi connectivity index (χ3n) is 3.03. The van der Waals surface area contributed by atoms with Gasteiger partial charge in [-0.25, -0.2) is 0 Å². The number of carbonyl (C=O) groups excluding carboxylic acids is 1. The molecule has 0 radical (unpaired) electrons. The SMILES string of the molecule is CC(=O)C1(c2cc(C)n(C)n2)CC1. The smallest absolute Gasteiger partial charge is 0.141 e. The van der Waals surface area contributed by atoms with Crippen LogP contribution >= 0.6 is 0 Å². The van der Waals surface area contributed by atoms with Gasteiger partial charge in [0.05, 0.1) is 11.1 Å². The van der Waals surface area contributed by atoms with Crippen LogP contribution in [0.2, 0.25) is 0 Å². The molecule has 2 rings (SSSR count). The number of Topliss-reactive ketones (excluding diaryl/α,β-unsaturated/α-hetero) is 1.